The van der Waals surface area contributed by atoms with E-state index in [-0.39, 0.29) is 5.41 Å². The van der Waals surface area contributed by atoms with Crippen molar-refractivity contribution in [2.45, 2.75) is 52.5 Å². The Kier molecular flexibility index (Phi) is 5.41. The maximum atomic E-state index is 5.37. The van der Waals surface area contributed by atoms with Gasteiger partial charge < -0.3 is 10.1 Å². The van der Waals surface area contributed by atoms with E-state index in [1.54, 1.807) is 7.11 Å². The average molecular weight is 300 g/mol. The van der Waals surface area contributed by atoms with Gasteiger partial charge in [-0.05, 0) is 42.8 Å². The highest BCUT2D eigenvalue weighted by Gasteiger charge is 2.18. The number of nitrogens with zero attached hydrogens (tertiary/aromatic N) is 1. The molecule has 1 N–H and O–H groups in total. The minimum atomic E-state index is 0.0479. The third-order valence-electron chi connectivity index (χ3n) is 3.89. The van der Waals surface area contributed by atoms with Crippen molar-refractivity contribution >= 4 is 10.9 Å². The van der Waals surface area contributed by atoms with Crippen molar-refractivity contribution in [3.63, 3.8) is 0 Å². The molecule has 0 radical (unpaired) electrons. The number of hydrogen-bond donors (Lipinski definition) is 1. The van der Waals surface area contributed by atoms with Gasteiger partial charge in [0.2, 0.25) is 0 Å². The summed E-state index contributed by atoms with van der Waals surface area (Å²) in [5.74, 6) is 0.882. The van der Waals surface area contributed by atoms with Crippen LogP contribution in [0.3, 0.4) is 0 Å². The topological polar surface area (TPSA) is 34.2 Å². The SMILES string of the molecule is CCCCNCc1cc(C(C)(C)C)nc2ccc(OC)cc12. The van der Waals surface area contributed by atoms with Crippen molar-refractivity contribution in [3.8, 4) is 5.75 Å². The maximum absolute atomic E-state index is 5.37. The van der Waals surface area contributed by atoms with Crippen LogP contribution in [0.5, 0.6) is 5.75 Å². The Labute approximate surface area is 134 Å². The molecule has 0 saturated carbocycles. The number of ether oxygens (including phenoxy) is 1. The van der Waals surface area contributed by atoms with E-state index in [1.165, 1.54) is 23.8 Å². The van der Waals surface area contributed by atoms with Gasteiger partial charge in [-0.25, -0.2) is 0 Å². The largest absolute Gasteiger partial charge is 0.497 e. The quantitative estimate of drug-likeness (QED) is 0.801. The minimum Gasteiger partial charge on any atom is -0.497 e. The highest BCUT2D eigenvalue weighted by Crippen LogP contribution is 2.28. The van der Waals surface area contributed by atoms with Crippen LogP contribution in [-0.2, 0) is 12.0 Å². The first kappa shape index (κ1) is 16.8. The summed E-state index contributed by atoms with van der Waals surface area (Å²) < 4.78 is 5.37. The van der Waals surface area contributed by atoms with E-state index >= 15 is 0 Å². The lowest BCUT2D eigenvalue weighted by Gasteiger charge is -2.20. The smallest absolute Gasteiger partial charge is 0.119 e. The highest BCUT2D eigenvalue weighted by molar-refractivity contribution is 5.84. The van der Waals surface area contributed by atoms with E-state index < -0.39 is 0 Å². The Hall–Kier alpha value is -1.61. The van der Waals surface area contributed by atoms with Gasteiger partial charge in [-0.2, -0.15) is 0 Å². The molecule has 0 amide bonds. The summed E-state index contributed by atoms with van der Waals surface area (Å²) in [6, 6.07) is 8.36. The van der Waals surface area contributed by atoms with Crippen LogP contribution < -0.4 is 10.1 Å². The summed E-state index contributed by atoms with van der Waals surface area (Å²) in [5.41, 5.74) is 3.52. The van der Waals surface area contributed by atoms with Crippen molar-refractivity contribution < 1.29 is 4.74 Å². The Bertz CT molecular complexity index is 629. The normalized spacial score (nSPS) is 11.9. The highest BCUT2D eigenvalue weighted by atomic mass is 16.5. The number of hydrogen-bond acceptors (Lipinski definition) is 3. The van der Waals surface area contributed by atoms with Gasteiger partial charge in [-0.15, -0.1) is 0 Å². The molecule has 1 aromatic carbocycles. The molecule has 0 spiro atoms. The van der Waals surface area contributed by atoms with Gasteiger partial charge in [0.25, 0.3) is 0 Å². The molecular formula is C19H28N2O. The van der Waals surface area contributed by atoms with Crippen LogP contribution in [-0.4, -0.2) is 18.6 Å². The van der Waals surface area contributed by atoms with Crippen molar-refractivity contribution in [1.82, 2.24) is 10.3 Å². The molecule has 0 aliphatic carbocycles. The summed E-state index contributed by atoms with van der Waals surface area (Å²) in [5, 5.41) is 4.72. The van der Waals surface area contributed by atoms with Crippen molar-refractivity contribution in [3.05, 3.63) is 35.5 Å². The summed E-state index contributed by atoms with van der Waals surface area (Å²) in [6.45, 7) is 10.8. The van der Waals surface area contributed by atoms with Gasteiger partial charge in [0.05, 0.1) is 12.6 Å². The Morgan fingerprint density at radius 1 is 1.18 bits per heavy atom. The third kappa shape index (κ3) is 3.98. The standard InChI is InChI=1S/C19H28N2O/c1-6-7-10-20-13-14-11-18(19(2,3)4)21-17-9-8-15(22-5)12-16(14)17/h8-9,11-12,20H,6-7,10,13H2,1-5H3. The molecule has 0 fully saturated rings. The second-order valence-corrected chi connectivity index (χ2v) is 6.83. The molecule has 2 aromatic rings. The van der Waals surface area contributed by atoms with E-state index in [0.29, 0.717) is 0 Å². The third-order valence-corrected chi connectivity index (χ3v) is 3.89. The number of rotatable bonds is 6. The fourth-order valence-electron chi connectivity index (χ4n) is 2.46. The number of nitrogens with one attached hydrogen (secondary N) is 1. The zero-order valence-corrected chi connectivity index (χ0v) is 14.5. The van der Waals surface area contributed by atoms with Crippen molar-refractivity contribution in [1.29, 1.82) is 0 Å². The molecule has 0 saturated heterocycles. The van der Waals surface area contributed by atoms with Crippen molar-refractivity contribution in [2.24, 2.45) is 0 Å². The van der Waals surface area contributed by atoms with Crippen LogP contribution in [0.2, 0.25) is 0 Å². The molecule has 0 bridgehead atoms. The molecule has 3 heteroatoms. The molecule has 0 unspecified atom stereocenters. The monoisotopic (exact) mass is 300 g/mol. The average Bonchev–Trinajstić information content (AvgIpc) is 2.49. The summed E-state index contributed by atoms with van der Waals surface area (Å²) in [6.07, 6.45) is 2.42. The second-order valence-electron chi connectivity index (χ2n) is 6.83. The van der Waals surface area contributed by atoms with Crippen molar-refractivity contribution in [2.75, 3.05) is 13.7 Å². The molecule has 2 rings (SSSR count). The maximum Gasteiger partial charge on any atom is 0.119 e. The fraction of sp³-hybridized carbons (Fsp3) is 0.526. The number of methoxy groups -OCH3 is 1. The van der Waals surface area contributed by atoms with Gasteiger partial charge >= 0.3 is 0 Å². The molecule has 0 aliphatic heterocycles. The fourth-order valence-corrected chi connectivity index (χ4v) is 2.46. The molecule has 22 heavy (non-hydrogen) atoms. The van der Waals surface area contributed by atoms with Gasteiger partial charge in [-0.3, -0.25) is 4.98 Å². The van der Waals surface area contributed by atoms with Crippen LogP contribution in [0, 0.1) is 0 Å². The summed E-state index contributed by atoms with van der Waals surface area (Å²) >= 11 is 0. The zero-order valence-electron chi connectivity index (χ0n) is 14.5. The lowest BCUT2D eigenvalue weighted by molar-refractivity contribution is 0.415. The first-order valence-electron chi connectivity index (χ1n) is 8.14. The molecule has 120 valence electrons. The molecule has 0 atom stereocenters. The Morgan fingerprint density at radius 3 is 2.59 bits per heavy atom. The Balaban J connectivity index is 2.42. The van der Waals surface area contributed by atoms with Gasteiger partial charge in [0.1, 0.15) is 5.75 Å². The first-order chi connectivity index (χ1) is 10.5. The van der Waals surface area contributed by atoms with Gasteiger partial charge in [-0.1, -0.05) is 34.1 Å². The van der Waals surface area contributed by atoms with E-state index in [1.807, 2.05) is 6.07 Å². The first-order valence-corrected chi connectivity index (χ1v) is 8.14. The second kappa shape index (κ2) is 7.10. The predicted molar refractivity (Wildman–Crippen MR) is 93.6 cm³/mol. The summed E-state index contributed by atoms with van der Waals surface area (Å²) in [4.78, 5) is 4.84. The van der Waals surface area contributed by atoms with Crippen LogP contribution in [0.25, 0.3) is 10.9 Å². The van der Waals surface area contributed by atoms with Gasteiger partial charge in [0.15, 0.2) is 0 Å². The number of aromatic nitrogens is 1. The van der Waals surface area contributed by atoms with Crippen LogP contribution in [0.4, 0.5) is 0 Å². The lowest BCUT2D eigenvalue weighted by atomic mass is 9.89. The van der Waals surface area contributed by atoms with Crippen LogP contribution in [0.15, 0.2) is 24.3 Å². The molecule has 3 nitrogen and oxygen atoms in total. The minimum absolute atomic E-state index is 0.0479. The number of pyridine rings is 1. The van der Waals surface area contributed by atoms with E-state index in [0.717, 1.165) is 30.0 Å². The van der Waals surface area contributed by atoms with E-state index in [9.17, 15) is 0 Å². The predicted octanol–water partition coefficient (Wildman–Crippen LogP) is 4.43. The number of fused-ring (bicyclic) bond motifs is 1. The molecule has 0 aliphatic rings. The summed E-state index contributed by atoms with van der Waals surface area (Å²) in [7, 11) is 1.71. The molecular weight excluding hydrogens is 272 g/mol. The molecule has 1 heterocycles. The van der Waals surface area contributed by atoms with Crippen LogP contribution >= 0.6 is 0 Å². The number of unbranched alkanes of at least 4 members (excludes halogenated alkanes) is 1. The van der Waals surface area contributed by atoms with Gasteiger partial charge in [0, 0.05) is 23.0 Å². The molecule has 1 aromatic heterocycles. The van der Waals surface area contributed by atoms with E-state index in [4.69, 9.17) is 9.72 Å². The number of benzene rings is 1. The lowest BCUT2D eigenvalue weighted by Crippen LogP contribution is -2.18. The van der Waals surface area contributed by atoms with E-state index in [2.05, 4.69) is 51.2 Å². The van der Waals surface area contributed by atoms with Crippen LogP contribution in [0.1, 0.15) is 51.8 Å². The zero-order chi connectivity index (χ0) is 16.2. The Morgan fingerprint density at radius 2 is 1.95 bits per heavy atom.